The maximum atomic E-state index is 12.0. The molecule has 0 heterocycles. The van der Waals surface area contributed by atoms with E-state index in [9.17, 15) is 8.42 Å². The van der Waals surface area contributed by atoms with Crippen molar-refractivity contribution in [1.82, 2.24) is 4.72 Å². The van der Waals surface area contributed by atoms with Crippen LogP contribution in [0, 0.1) is 12.3 Å². The Hall–Kier alpha value is -1.03. The van der Waals surface area contributed by atoms with Crippen molar-refractivity contribution in [2.45, 2.75) is 24.3 Å². The van der Waals surface area contributed by atoms with Crippen LogP contribution in [0.4, 0.5) is 0 Å². The van der Waals surface area contributed by atoms with E-state index < -0.39 is 16.1 Å². The van der Waals surface area contributed by atoms with Crippen molar-refractivity contribution >= 4 is 26.0 Å². The zero-order valence-electron chi connectivity index (χ0n) is 10.1. The van der Waals surface area contributed by atoms with Crippen molar-refractivity contribution in [2.24, 2.45) is 0 Å². The molecule has 0 aliphatic carbocycles. The van der Waals surface area contributed by atoms with Gasteiger partial charge in [-0.1, -0.05) is 12.8 Å². The van der Waals surface area contributed by atoms with Gasteiger partial charge in [0.1, 0.15) is 5.75 Å². The summed E-state index contributed by atoms with van der Waals surface area (Å²) < 4.78 is 32.1. The van der Waals surface area contributed by atoms with Gasteiger partial charge in [0.25, 0.3) is 0 Å². The molecule has 1 N–H and O–H groups in total. The predicted molar refractivity (Wildman–Crippen MR) is 73.9 cm³/mol. The molecule has 0 spiro atoms. The molecule has 1 rings (SSSR count). The van der Waals surface area contributed by atoms with Crippen LogP contribution in [0.1, 0.15) is 13.3 Å². The highest BCUT2D eigenvalue weighted by Gasteiger charge is 2.18. The van der Waals surface area contributed by atoms with Gasteiger partial charge in [-0.25, -0.2) is 8.42 Å². The number of nitrogens with one attached hydrogen (secondary N) is 1. The fraction of sp³-hybridized carbons (Fsp3) is 0.333. The molecule has 0 aromatic heterocycles. The quantitative estimate of drug-likeness (QED) is 0.841. The van der Waals surface area contributed by atoms with Crippen LogP contribution >= 0.6 is 15.9 Å². The Morgan fingerprint density at radius 2 is 2.22 bits per heavy atom. The van der Waals surface area contributed by atoms with Crippen molar-refractivity contribution < 1.29 is 13.2 Å². The second kappa shape index (κ2) is 6.23. The van der Waals surface area contributed by atoms with Crippen LogP contribution in [0.3, 0.4) is 0 Å². The number of hydrogen-bond acceptors (Lipinski definition) is 3. The monoisotopic (exact) mass is 331 g/mol. The Labute approximate surface area is 116 Å². The van der Waals surface area contributed by atoms with E-state index in [2.05, 4.69) is 26.6 Å². The molecule has 4 nitrogen and oxygen atoms in total. The van der Waals surface area contributed by atoms with Gasteiger partial charge in [0, 0.05) is 0 Å². The lowest BCUT2D eigenvalue weighted by atomic mass is 10.3. The van der Waals surface area contributed by atoms with Gasteiger partial charge in [-0.2, -0.15) is 4.72 Å². The molecular formula is C12H14BrNO3S. The van der Waals surface area contributed by atoms with E-state index in [1.54, 1.807) is 6.07 Å². The van der Waals surface area contributed by atoms with Gasteiger partial charge in [0.15, 0.2) is 0 Å². The van der Waals surface area contributed by atoms with E-state index in [4.69, 9.17) is 11.2 Å². The van der Waals surface area contributed by atoms with Crippen LogP contribution in [-0.2, 0) is 10.0 Å². The van der Waals surface area contributed by atoms with Crippen molar-refractivity contribution in [1.29, 1.82) is 0 Å². The average Bonchev–Trinajstić information content (AvgIpc) is 2.35. The molecule has 0 aliphatic rings. The Bertz CT molecular complexity index is 563. The molecule has 18 heavy (non-hydrogen) atoms. The molecule has 0 amide bonds. The number of hydrogen-bond donors (Lipinski definition) is 1. The van der Waals surface area contributed by atoms with E-state index in [0.717, 1.165) is 0 Å². The van der Waals surface area contributed by atoms with Crippen LogP contribution < -0.4 is 9.46 Å². The highest BCUT2D eigenvalue weighted by molar-refractivity contribution is 9.10. The second-order valence-electron chi connectivity index (χ2n) is 3.55. The summed E-state index contributed by atoms with van der Waals surface area (Å²) in [5.74, 6) is 2.96. The van der Waals surface area contributed by atoms with E-state index in [1.165, 1.54) is 19.2 Å². The maximum absolute atomic E-state index is 12.0. The van der Waals surface area contributed by atoms with Crippen LogP contribution in [0.25, 0.3) is 0 Å². The van der Waals surface area contributed by atoms with Gasteiger partial charge in [0.2, 0.25) is 10.0 Å². The fourth-order valence-corrected chi connectivity index (χ4v) is 3.26. The zero-order chi connectivity index (χ0) is 13.8. The highest BCUT2D eigenvalue weighted by atomic mass is 79.9. The minimum atomic E-state index is -3.61. The third-order valence-electron chi connectivity index (χ3n) is 2.34. The fourth-order valence-electron chi connectivity index (χ4n) is 1.30. The molecule has 0 bridgehead atoms. The lowest BCUT2D eigenvalue weighted by Crippen LogP contribution is -2.33. The van der Waals surface area contributed by atoms with E-state index in [1.807, 2.05) is 6.92 Å². The predicted octanol–water partition coefficient (Wildman–Crippen LogP) is 2.15. The number of sulfonamides is 1. The minimum absolute atomic E-state index is 0.142. The van der Waals surface area contributed by atoms with Crippen LogP contribution in [0.15, 0.2) is 27.6 Å². The summed E-state index contributed by atoms with van der Waals surface area (Å²) in [4.78, 5) is 0.142. The number of halogens is 1. The maximum Gasteiger partial charge on any atom is 0.241 e. The number of terminal acetylenes is 1. The number of ether oxygens (including phenoxy) is 1. The van der Waals surface area contributed by atoms with E-state index in [0.29, 0.717) is 16.6 Å². The largest absolute Gasteiger partial charge is 0.496 e. The van der Waals surface area contributed by atoms with Crippen molar-refractivity contribution in [3.8, 4) is 18.1 Å². The van der Waals surface area contributed by atoms with Crippen LogP contribution in [-0.4, -0.2) is 21.6 Å². The Morgan fingerprint density at radius 3 is 2.67 bits per heavy atom. The first kappa shape index (κ1) is 15.0. The summed E-state index contributed by atoms with van der Waals surface area (Å²) >= 11 is 3.24. The second-order valence-corrected chi connectivity index (χ2v) is 6.11. The number of benzene rings is 1. The van der Waals surface area contributed by atoms with Gasteiger partial charge in [0.05, 0.1) is 22.5 Å². The molecule has 0 fully saturated rings. The molecule has 98 valence electrons. The first-order valence-electron chi connectivity index (χ1n) is 5.26. The summed E-state index contributed by atoms with van der Waals surface area (Å²) in [7, 11) is -2.10. The van der Waals surface area contributed by atoms with Crippen molar-refractivity contribution in [3.63, 3.8) is 0 Å². The van der Waals surface area contributed by atoms with Gasteiger partial charge >= 0.3 is 0 Å². The topological polar surface area (TPSA) is 55.4 Å². The van der Waals surface area contributed by atoms with Gasteiger partial charge < -0.3 is 4.74 Å². The standard InChI is InChI=1S/C12H14BrNO3S/c1-4-9(5-2)14-18(15,16)10-6-7-12(17-3)11(13)8-10/h1,6-9,14H,5H2,2-3H3. The molecule has 0 radical (unpaired) electrons. The Balaban J connectivity index is 3.06. The third kappa shape index (κ3) is 3.48. The smallest absolute Gasteiger partial charge is 0.241 e. The SMILES string of the molecule is C#CC(CC)NS(=O)(=O)c1ccc(OC)c(Br)c1. The summed E-state index contributed by atoms with van der Waals surface area (Å²) in [6.45, 7) is 1.82. The van der Waals surface area contributed by atoms with Gasteiger partial charge in [-0.3, -0.25) is 0 Å². The van der Waals surface area contributed by atoms with E-state index in [-0.39, 0.29) is 4.90 Å². The minimum Gasteiger partial charge on any atom is -0.496 e. The van der Waals surface area contributed by atoms with Gasteiger partial charge in [-0.15, -0.1) is 6.42 Å². The molecule has 0 saturated heterocycles. The van der Waals surface area contributed by atoms with Crippen molar-refractivity contribution in [2.75, 3.05) is 7.11 Å². The molecule has 1 atom stereocenters. The third-order valence-corrected chi connectivity index (χ3v) is 4.43. The van der Waals surface area contributed by atoms with Crippen molar-refractivity contribution in [3.05, 3.63) is 22.7 Å². The molecule has 0 aliphatic heterocycles. The zero-order valence-corrected chi connectivity index (χ0v) is 12.5. The normalized spacial score (nSPS) is 12.8. The highest BCUT2D eigenvalue weighted by Crippen LogP contribution is 2.27. The Kier molecular flexibility index (Phi) is 5.20. The Morgan fingerprint density at radius 1 is 1.56 bits per heavy atom. The molecule has 1 unspecified atom stereocenters. The first-order valence-corrected chi connectivity index (χ1v) is 7.54. The molecule has 1 aromatic rings. The lowest BCUT2D eigenvalue weighted by Gasteiger charge is -2.12. The summed E-state index contributed by atoms with van der Waals surface area (Å²) in [5, 5.41) is 0. The van der Waals surface area contributed by atoms with Gasteiger partial charge in [-0.05, 0) is 40.5 Å². The first-order chi connectivity index (χ1) is 8.44. The number of rotatable bonds is 5. The van der Waals surface area contributed by atoms with E-state index >= 15 is 0 Å². The average molecular weight is 332 g/mol. The molecular weight excluding hydrogens is 318 g/mol. The van der Waals surface area contributed by atoms with Crippen LogP contribution in [0.2, 0.25) is 0 Å². The summed E-state index contributed by atoms with van der Waals surface area (Å²) in [6, 6.07) is 4.02. The molecule has 1 aromatic carbocycles. The summed E-state index contributed by atoms with van der Waals surface area (Å²) in [6.07, 6.45) is 5.77. The van der Waals surface area contributed by atoms with Crippen LogP contribution in [0.5, 0.6) is 5.75 Å². The summed E-state index contributed by atoms with van der Waals surface area (Å²) in [5.41, 5.74) is 0. The molecule has 0 saturated carbocycles. The molecule has 6 heteroatoms. The lowest BCUT2D eigenvalue weighted by molar-refractivity contribution is 0.411. The number of methoxy groups -OCH3 is 1.